The van der Waals surface area contributed by atoms with Gasteiger partial charge in [-0.2, -0.15) is 0 Å². The maximum absolute atomic E-state index is 3.82. The summed E-state index contributed by atoms with van der Waals surface area (Å²) in [5, 5.41) is 0. The van der Waals surface area contributed by atoms with Crippen LogP contribution in [0.25, 0.3) is 0 Å². The summed E-state index contributed by atoms with van der Waals surface area (Å²) in [5.74, 6) is 1.52. The number of rotatable bonds is 8. The molecule has 0 N–H and O–H groups in total. The fraction of sp³-hybridized carbons (Fsp3) is 0.750. The molecule has 0 saturated heterocycles. The molecular weight excluding hydrogens is 192 g/mol. The van der Waals surface area contributed by atoms with E-state index in [0.29, 0.717) is 0 Å². The van der Waals surface area contributed by atoms with Gasteiger partial charge < -0.3 is 0 Å². The minimum absolute atomic E-state index is 0.722. The van der Waals surface area contributed by atoms with Crippen LogP contribution in [0.2, 0.25) is 0 Å². The van der Waals surface area contributed by atoms with Gasteiger partial charge in [0, 0.05) is 0 Å². The average molecular weight is 222 g/mol. The monoisotopic (exact) mass is 222 g/mol. The third kappa shape index (κ3) is 5.01. The second-order valence-corrected chi connectivity index (χ2v) is 5.12. The Bertz CT molecular complexity index is 218. The molecule has 0 aliphatic rings. The molecule has 0 bridgehead atoms. The van der Waals surface area contributed by atoms with Crippen LogP contribution in [-0.4, -0.2) is 0 Å². The lowest BCUT2D eigenvalue weighted by Crippen LogP contribution is -2.12. The summed E-state index contributed by atoms with van der Waals surface area (Å²) in [5.41, 5.74) is 3.25. The van der Waals surface area contributed by atoms with Gasteiger partial charge in [-0.3, -0.25) is 0 Å². The Hall–Kier alpha value is -0.520. The molecule has 0 aromatic heterocycles. The van der Waals surface area contributed by atoms with Crippen LogP contribution in [0.15, 0.2) is 23.8 Å². The Kier molecular flexibility index (Phi) is 8.33. The Morgan fingerprint density at radius 2 is 1.81 bits per heavy atom. The number of allylic oxidation sites excluding steroid dienone is 3. The first-order valence-corrected chi connectivity index (χ1v) is 6.86. The highest BCUT2D eigenvalue weighted by Gasteiger charge is 2.18. The van der Waals surface area contributed by atoms with Gasteiger partial charge in [-0.15, -0.1) is 6.58 Å². The smallest absolute Gasteiger partial charge is 0.0201 e. The largest absolute Gasteiger partial charge is 0.103 e. The Morgan fingerprint density at radius 3 is 2.19 bits per heavy atom. The van der Waals surface area contributed by atoms with Crippen molar-refractivity contribution in [1.29, 1.82) is 0 Å². The van der Waals surface area contributed by atoms with Gasteiger partial charge in [-0.1, -0.05) is 44.4 Å². The van der Waals surface area contributed by atoms with Crippen LogP contribution < -0.4 is 0 Å². The minimum Gasteiger partial charge on any atom is -0.103 e. The molecule has 0 aliphatic heterocycles. The van der Waals surface area contributed by atoms with Crippen molar-refractivity contribution in [2.24, 2.45) is 11.8 Å². The van der Waals surface area contributed by atoms with E-state index in [4.69, 9.17) is 0 Å². The maximum atomic E-state index is 3.82. The van der Waals surface area contributed by atoms with Crippen LogP contribution in [-0.2, 0) is 0 Å². The van der Waals surface area contributed by atoms with E-state index in [0.717, 1.165) is 18.3 Å². The average Bonchev–Trinajstić information content (AvgIpc) is 2.25. The summed E-state index contributed by atoms with van der Waals surface area (Å²) >= 11 is 0. The van der Waals surface area contributed by atoms with E-state index in [-0.39, 0.29) is 0 Å². The van der Waals surface area contributed by atoms with Crippen LogP contribution in [0, 0.1) is 11.8 Å². The summed E-state index contributed by atoms with van der Waals surface area (Å²) in [4.78, 5) is 0. The second kappa shape index (κ2) is 8.61. The van der Waals surface area contributed by atoms with Gasteiger partial charge in [0.25, 0.3) is 0 Å². The Morgan fingerprint density at radius 1 is 1.19 bits per heavy atom. The van der Waals surface area contributed by atoms with E-state index < -0.39 is 0 Å². The zero-order valence-electron chi connectivity index (χ0n) is 12.0. The predicted molar refractivity (Wildman–Crippen MR) is 75.7 cm³/mol. The molecule has 0 nitrogen and oxygen atoms in total. The molecular formula is C16H30. The lowest BCUT2D eigenvalue weighted by atomic mass is 9.80. The molecule has 0 heterocycles. The van der Waals surface area contributed by atoms with Crippen molar-refractivity contribution < 1.29 is 0 Å². The molecule has 0 radical (unpaired) electrons. The molecule has 0 heteroatoms. The number of hydrogen-bond acceptors (Lipinski definition) is 0. The van der Waals surface area contributed by atoms with Crippen LogP contribution in [0.5, 0.6) is 0 Å². The third-order valence-electron chi connectivity index (χ3n) is 3.48. The lowest BCUT2D eigenvalue weighted by molar-refractivity contribution is 0.454. The van der Waals surface area contributed by atoms with Gasteiger partial charge in [-0.05, 0) is 51.4 Å². The van der Waals surface area contributed by atoms with Gasteiger partial charge in [0.05, 0.1) is 0 Å². The van der Waals surface area contributed by atoms with Crippen LogP contribution in [0.1, 0.15) is 66.7 Å². The van der Waals surface area contributed by atoms with Gasteiger partial charge in [0.2, 0.25) is 0 Å². The van der Waals surface area contributed by atoms with Crippen molar-refractivity contribution in [3.63, 3.8) is 0 Å². The molecule has 0 spiro atoms. The SMILES string of the molecule is C=CCCC(C)C(=C(C)C)C(CC)CCC. The molecule has 16 heavy (non-hydrogen) atoms. The Balaban J connectivity index is 4.71. The molecule has 2 atom stereocenters. The highest BCUT2D eigenvalue weighted by atomic mass is 14.2. The van der Waals surface area contributed by atoms with Crippen molar-refractivity contribution in [3.05, 3.63) is 23.8 Å². The summed E-state index contributed by atoms with van der Waals surface area (Å²) in [6.45, 7) is 15.4. The van der Waals surface area contributed by atoms with Crippen molar-refractivity contribution >= 4 is 0 Å². The number of hydrogen-bond donors (Lipinski definition) is 0. The fourth-order valence-electron chi connectivity index (χ4n) is 2.75. The molecule has 2 unspecified atom stereocenters. The van der Waals surface area contributed by atoms with Crippen molar-refractivity contribution in [2.45, 2.75) is 66.7 Å². The predicted octanol–water partition coefficient (Wildman–Crippen LogP) is 5.75. The summed E-state index contributed by atoms with van der Waals surface area (Å²) in [7, 11) is 0. The quantitative estimate of drug-likeness (QED) is 0.459. The van der Waals surface area contributed by atoms with E-state index in [1.165, 1.54) is 31.3 Å². The molecule has 0 rings (SSSR count). The first kappa shape index (κ1) is 15.5. The van der Waals surface area contributed by atoms with E-state index in [2.05, 4.69) is 41.2 Å². The van der Waals surface area contributed by atoms with E-state index in [9.17, 15) is 0 Å². The van der Waals surface area contributed by atoms with Gasteiger partial charge in [0.15, 0.2) is 0 Å². The molecule has 94 valence electrons. The van der Waals surface area contributed by atoms with Crippen LogP contribution in [0.3, 0.4) is 0 Å². The minimum atomic E-state index is 0.722. The molecule has 0 aromatic carbocycles. The summed E-state index contributed by atoms with van der Waals surface area (Å²) in [6.07, 6.45) is 8.36. The molecule has 0 amide bonds. The second-order valence-electron chi connectivity index (χ2n) is 5.12. The normalized spacial score (nSPS) is 14.3. The lowest BCUT2D eigenvalue weighted by Gasteiger charge is -2.26. The van der Waals surface area contributed by atoms with Gasteiger partial charge in [-0.25, -0.2) is 0 Å². The van der Waals surface area contributed by atoms with Crippen molar-refractivity contribution in [2.75, 3.05) is 0 Å². The van der Waals surface area contributed by atoms with Crippen LogP contribution in [0.4, 0.5) is 0 Å². The summed E-state index contributed by atoms with van der Waals surface area (Å²) < 4.78 is 0. The van der Waals surface area contributed by atoms with Crippen molar-refractivity contribution in [3.8, 4) is 0 Å². The van der Waals surface area contributed by atoms with Gasteiger partial charge >= 0.3 is 0 Å². The van der Waals surface area contributed by atoms with E-state index in [1.807, 2.05) is 6.08 Å². The first-order chi connectivity index (χ1) is 7.58. The highest BCUT2D eigenvalue weighted by molar-refractivity contribution is 5.16. The zero-order chi connectivity index (χ0) is 12.6. The van der Waals surface area contributed by atoms with E-state index in [1.54, 1.807) is 5.57 Å². The molecule has 0 aliphatic carbocycles. The zero-order valence-corrected chi connectivity index (χ0v) is 12.0. The topological polar surface area (TPSA) is 0 Å². The summed E-state index contributed by atoms with van der Waals surface area (Å²) in [6, 6.07) is 0. The van der Waals surface area contributed by atoms with Crippen LogP contribution >= 0.6 is 0 Å². The third-order valence-corrected chi connectivity index (χ3v) is 3.48. The molecule has 0 aromatic rings. The molecule has 0 saturated carbocycles. The highest BCUT2D eigenvalue weighted by Crippen LogP contribution is 2.32. The Labute approximate surface area is 103 Å². The first-order valence-electron chi connectivity index (χ1n) is 6.86. The fourth-order valence-corrected chi connectivity index (χ4v) is 2.75. The standard InChI is InChI=1S/C16H30/c1-7-10-12-14(6)16(13(4)5)15(9-3)11-8-2/h7,14-15H,1,8-12H2,2-6H3. The van der Waals surface area contributed by atoms with Gasteiger partial charge in [0.1, 0.15) is 0 Å². The molecule has 0 fully saturated rings. The van der Waals surface area contributed by atoms with E-state index >= 15 is 0 Å². The maximum Gasteiger partial charge on any atom is -0.0201 e. The van der Waals surface area contributed by atoms with Crippen molar-refractivity contribution in [1.82, 2.24) is 0 Å².